The number of rotatable bonds is 7. The van der Waals surface area contributed by atoms with Crippen LogP contribution in [-0.4, -0.2) is 65.7 Å². The van der Waals surface area contributed by atoms with Crippen molar-refractivity contribution in [1.29, 1.82) is 0 Å². The van der Waals surface area contributed by atoms with Gasteiger partial charge in [0.25, 0.3) is 0 Å². The molecule has 0 aliphatic carbocycles. The van der Waals surface area contributed by atoms with Gasteiger partial charge in [0.1, 0.15) is 5.75 Å². The molecule has 1 heterocycles. The molecule has 1 aliphatic rings. The number of piperazine rings is 1. The van der Waals surface area contributed by atoms with Gasteiger partial charge in [-0.25, -0.2) is 0 Å². The Morgan fingerprint density at radius 3 is 2.29 bits per heavy atom. The second-order valence-electron chi connectivity index (χ2n) is 6.84. The fraction of sp³-hybridized carbons (Fsp3) is 0.632. The van der Waals surface area contributed by atoms with Crippen molar-refractivity contribution in [3.63, 3.8) is 0 Å². The molecule has 134 valence electrons. The van der Waals surface area contributed by atoms with Crippen LogP contribution >= 0.6 is 0 Å². The minimum Gasteiger partial charge on any atom is -0.491 e. The van der Waals surface area contributed by atoms with E-state index in [1.54, 1.807) is 6.92 Å². The SMILES string of the molecule is CC(O)CN1CCN(C(=O)CCc2ccc(OC(C)C)cc2)CC1. The molecular formula is C19H30N2O3. The van der Waals surface area contributed by atoms with Crippen LogP contribution in [0.25, 0.3) is 0 Å². The van der Waals surface area contributed by atoms with Crippen molar-refractivity contribution in [2.45, 2.75) is 45.8 Å². The molecule has 1 N–H and O–H groups in total. The lowest BCUT2D eigenvalue weighted by molar-refractivity contribution is -0.133. The first kappa shape index (κ1) is 18.7. The summed E-state index contributed by atoms with van der Waals surface area (Å²) in [5, 5.41) is 9.43. The van der Waals surface area contributed by atoms with E-state index in [-0.39, 0.29) is 18.1 Å². The number of benzene rings is 1. The summed E-state index contributed by atoms with van der Waals surface area (Å²) in [4.78, 5) is 16.5. The number of aliphatic hydroxyl groups is 1. The van der Waals surface area contributed by atoms with E-state index in [2.05, 4.69) is 4.90 Å². The number of ether oxygens (including phenoxy) is 1. The maximum absolute atomic E-state index is 12.3. The first-order valence-electron chi connectivity index (χ1n) is 8.88. The zero-order chi connectivity index (χ0) is 17.5. The van der Waals surface area contributed by atoms with Crippen molar-refractivity contribution in [1.82, 2.24) is 9.80 Å². The van der Waals surface area contributed by atoms with E-state index in [0.717, 1.165) is 43.9 Å². The van der Waals surface area contributed by atoms with Gasteiger partial charge >= 0.3 is 0 Å². The van der Waals surface area contributed by atoms with Crippen molar-refractivity contribution in [2.75, 3.05) is 32.7 Å². The maximum Gasteiger partial charge on any atom is 0.222 e. The molecule has 24 heavy (non-hydrogen) atoms. The minimum absolute atomic E-state index is 0.171. The van der Waals surface area contributed by atoms with Crippen molar-refractivity contribution in [3.8, 4) is 5.75 Å². The summed E-state index contributed by atoms with van der Waals surface area (Å²) in [6.07, 6.45) is 1.16. The predicted molar refractivity (Wildman–Crippen MR) is 95.2 cm³/mol. The van der Waals surface area contributed by atoms with Crippen LogP contribution in [0, 0.1) is 0 Å². The van der Waals surface area contributed by atoms with Crippen molar-refractivity contribution in [2.24, 2.45) is 0 Å². The van der Waals surface area contributed by atoms with E-state index in [1.165, 1.54) is 0 Å². The minimum atomic E-state index is -0.310. The highest BCUT2D eigenvalue weighted by molar-refractivity contribution is 5.76. The molecule has 0 bridgehead atoms. The van der Waals surface area contributed by atoms with Crippen molar-refractivity contribution >= 4 is 5.91 Å². The second-order valence-corrected chi connectivity index (χ2v) is 6.84. The molecule has 1 amide bonds. The normalized spacial score (nSPS) is 17.1. The molecule has 0 aromatic heterocycles. The summed E-state index contributed by atoms with van der Waals surface area (Å²) in [5.74, 6) is 1.09. The van der Waals surface area contributed by atoms with Gasteiger partial charge in [-0.05, 0) is 44.9 Å². The summed E-state index contributed by atoms with van der Waals surface area (Å²) in [5.41, 5.74) is 1.16. The first-order chi connectivity index (χ1) is 11.4. The third-order valence-corrected chi connectivity index (χ3v) is 4.17. The second kappa shape index (κ2) is 9.04. The third-order valence-electron chi connectivity index (χ3n) is 4.17. The van der Waals surface area contributed by atoms with Gasteiger partial charge < -0.3 is 14.7 Å². The van der Waals surface area contributed by atoms with Gasteiger partial charge in [-0.2, -0.15) is 0 Å². The maximum atomic E-state index is 12.3. The summed E-state index contributed by atoms with van der Waals surface area (Å²) in [6.45, 7) is 9.71. The molecule has 0 saturated carbocycles. The zero-order valence-electron chi connectivity index (χ0n) is 15.1. The van der Waals surface area contributed by atoms with E-state index in [9.17, 15) is 9.90 Å². The summed E-state index contributed by atoms with van der Waals surface area (Å²) < 4.78 is 5.63. The molecular weight excluding hydrogens is 304 g/mol. The van der Waals surface area contributed by atoms with E-state index < -0.39 is 0 Å². The Kier molecular flexibility index (Phi) is 7.06. The number of nitrogens with zero attached hydrogens (tertiary/aromatic N) is 2. The van der Waals surface area contributed by atoms with Crippen LogP contribution in [0.2, 0.25) is 0 Å². The average Bonchev–Trinajstić information content (AvgIpc) is 2.53. The topological polar surface area (TPSA) is 53.0 Å². The fourth-order valence-electron chi connectivity index (χ4n) is 2.97. The van der Waals surface area contributed by atoms with Crippen LogP contribution in [-0.2, 0) is 11.2 Å². The van der Waals surface area contributed by atoms with E-state index in [0.29, 0.717) is 13.0 Å². The largest absolute Gasteiger partial charge is 0.491 e. The number of carbonyl (C=O) groups is 1. The number of aliphatic hydroxyl groups excluding tert-OH is 1. The van der Waals surface area contributed by atoms with E-state index in [1.807, 2.05) is 43.0 Å². The molecule has 5 nitrogen and oxygen atoms in total. The number of hydrogen-bond acceptors (Lipinski definition) is 4. The Morgan fingerprint density at radius 2 is 1.75 bits per heavy atom. The Hall–Kier alpha value is -1.59. The third kappa shape index (κ3) is 6.13. The van der Waals surface area contributed by atoms with Crippen LogP contribution in [0.1, 0.15) is 32.8 Å². The van der Waals surface area contributed by atoms with Crippen molar-refractivity contribution in [3.05, 3.63) is 29.8 Å². The first-order valence-corrected chi connectivity index (χ1v) is 8.88. The van der Waals surface area contributed by atoms with Gasteiger partial charge in [-0.15, -0.1) is 0 Å². The molecule has 1 saturated heterocycles. The lowest BCUT2D eigenvalue weighted by Gasteiger charge is -2.35. The van der Waals surface area contributed by atoms with E-state index in [4.69, 9.17) is 4.74 Å². The standard InChI is InChI=1S/C19H30N2O3/c1-15(2)24-18-7-4-17(5-8-18)6-9-19(23)21-12-10-20(11-13-21)14-16(3)22/h4-5,7-8,15-16,22H,6,9-14H2,1-3H3. The monoisotopic (exact) mass is 334 g/mol. The molecule has 1 fully saturated rings. The molecule has 1 aromatic carbocycles. The van der Waals surface area contributed by atoms with Crippen LogP contribution in [0.4, 0.5) is 0 Å². The lowest BCUT2D eigenvalue weighted by atomic mass is 10.1. The Balaban J connectivity index is 1.73. The summed E-state index contributed by atoms with van der Waals surface area (Å²) in [6, 6.07) is 8.00. The number of amides is 1. The number of carbonyl (C=O) groups excluding carboxylic acids is 1. The molecule has 0 radical (unpaired) electrons. The Labute approximate surface area is 145 Å². The molecule has 1 atom stereocenters. The average molecular weight is 334 g/mol. The zero-order valence-corrected chi connectivity index (χ0v) is 15.1. The molecule has 5 heteroatoms. The Morgan fingerprint density at radius 1 is 1.12 bits per heavy atom. The highest BCUT2D eigenvalue weighted by Crippen LogP contribution is 2.15. The number of aryl methyl sites for hydroxylation is 1. The number of β-amino-alcohol motifs (C(OH)–C–C–N with tert-alkyl or cyclic N) is 1. The molecule has 1 unspecified atom stereocenters. The van der Waals surface area contributed by atoms with Gasteiger partial charge in [-0.1, -0.05) is 12.1 Å². The van der Waals surface area contributed by atoms with Gasteiger partial charge in [0.2, 0.25) is 5.91 Å². The highest BCUT2D eigenvalue weighted by Gasteiger charge is 2.21. The summed E-state index contributed by atoms with van der Waals surface area (Å²) in [7, 11) is 0. The van der Waals surface area contributed by atoms with Crippen LogP contribution in [0.15, 0.2) is 24.3 Å². The lowest BCUT2D eigenvalue weighted by Crippen LogP contribution is -2.50. The molecule has 2 rings (SSSR count). The van der Waals surface area contributed by atoms with E-state index >= 15 is 0 Å². The van der Waals surface area contributed by atoms with Gasteiger partial charge in [0, 0.05) is 39.1 Å². The van der Waals surface area contributed by atoms with Crippen LogP contribution in [0.5, 0.6) is 5.75 Å². The van der Waals surface area contributed by atoms with Gasteiger partial charge in [0.05, 0.1) is 12.2 Å². The quantitative estimate of drug-likeness (QED) is 0.828. The van der Waals surface area contributed by atoms with Crippen molar-refractivity contribution < 1.29 is 14.6 Å². The Bertz CT molecular complexity index is 506. The fourth-order valence-corrected chi connectivity index (χ4v) is 2.97. The molecule has 1 aromatic rings. The van der Waals surface area contributed by atoms with Crippen LogP contribution in [0.3, 0.4) is 0 Å². The van der Waals surface area contributed by atoms with Crippen LogP contribution < -0.4 is 4.74 Å². The smallest absolute Gasteiger partial charge is 0.222 e. The number of hydrogen-bond donors (Lipinski definition) is 1. The predicted octanol–water partition coefficient (Wildman–Crippen LogP) is 1.93. The molecule has 0 spiro atoms. The van der Waals surface area contributed by atoms with Gasteiger partial charge in [-0.3, -0.25) is 9.69 Å². The highest BCUT2D eigenvalue weighted by atomic mass is 16.5. The summed E-state index contributed by atoms with van der Waals surface area (Å²) >= 11 is 0. The molecule has 1 aliphatic heterocycles. The van der Waals surface area contributed by atoms with Gasteiger partial charge in [0.15, 0.2) is 0 Å².